The molecule has 0 saturated carbocycles. The first-order valence-corrected chi connectivity index (χ1v) is 11.2. The lowest BCUT2D eigenvalue weighted by molar-refractivity contribution is -0.122. The minimum atomic E-state index is -0.988. The largest absolute Gasteiger partial charge is 0.468 e. The molecule has 4 rings (SSSR count). The van der Waals surface area contributed by atoms with Gasteiger partial charge in [-0.3, -0.25) is 4.79 Å². The molecule has 2 heterocycles. The Morgan fingerprint density at radius 2 is 1.85 bits per heavy atom. The molecule has 0 aliphatic heterocycles. The van der Waals surface area contributed by atoms with Crippen molar-refractivity contribution < 1.29 is 23.1 Å². The Hall–Kier alpha value is -3.49. The third-order valence-electron chi connectivity index (χ3n) is 5.68. The molecule has 0 spiro atoms. The Kier molecular flexibility index (Phi) is 7.72. The van der Waals surface area contributed by atoms with Crippen molar-refractivity contribution in [2.45, 2.75) is 38.1 Å². The summed E-state index contributed by atoms with van der Waals surface area (Å²) < 4.78 is 34.6. The van der Waals surface area contributed by atoms with E-state index < -0.39 is 23.8 Å². The standard InChI is InChI=1S/C26H27F2N3O3/c27-20-12-18(13-21(28)15-20)14-23(25(32)17-29-16-22-5-3-11-34-22)30-26(33)8-10-31-9-7-19-4-1-2-6-24(19)31/h1-7,9,11-13,15,23,25,29,32H,8,10,14,16-17H2,(H,30,33)/t23-,25-/m0/s1. The Morgan fingerprint density at radius 1 is 1.06 bits per heavy atom. The summed E-state index contributed by atoms with van der Waals surface area (Å²) in [5, 5.41) is 17.8. The molecule has 4 aromatic rings. The van der Waals surface area contributed by atoms with Crippen LogP contribution in [0.3, 0.4) is 0 Å². The van der Waals surface area contributed by atoms with Crippen LogP contribution < -0.4 is 10.6 Å². The fraction of sp³-hybridized carbons (Fsp3) is 0.269. The molecule has 0 unspecified atom stereocenters. The highest BCUT2D eigenvalue weighted by Gasteiger charge is 2.22. The molecule has 0 aliphatic carbocycles. The van der Waals surface area contributed by atoms with Crippen molar-refractivity contribution >= 4 is 16.8 Å². The first kappa shape index (κ1) is 23.7. The van der Waals surface area contributed by atoms with E-state index in [-0.39, 0.29) is 25.3 Å². The predicted octanol–water partition coefficient (Wildman–Crippen LogP) is 3.78. The normalized spacial score (nSPS) is 13.1. The minimum absolute atomic E-state index is 0.0798. The van der Waals surface area contributed by atoms with Crippen LogP contribution in [0.5, 0.6) is 0 Å². The maximum absolute atomic E-state index is 13.7. The van der Waals surface area contributed by atoms with Crippen LogP contribution in [0, 0.1) is 11.6 Å². The fourth-order valence-electron chi connectivity index (χ4n) is 4.00. The van der Waals surface area contributed by atoms with E-state index in [0.29, 0.717) is 24.4 Å². The van der Waals surface area contributed by atoms with Gasteiger partial charge in [-0.05, 0) is 53.8 Å². The number of amides is 1. The number of halogens is 2. The summed E-state index contributed by atoms with van der Waals surface area (Å²) in [6, 6.07) is 15.9. The number of rotatable bonds is 11. The molecule has 0 radical (unpaired) electrons. The Labute approximate surface area is 196 Å². The Bertz CT molecular complexity index is 1200. The second-order valence-corrected chi connectivity index (χ2v) is 8.25. The number of nitrogens with one attached hydrogen (secondary N) is 2. The van der Waals surface area contributed by atoms with Gasteiger partial charge in [-0.1, -0.05) is 18.2 Å². The number of furan rings is 1. The maximum atomic E-state index is 13.7. The number of aliphatic hydroxyl groups excluding tert-OH is 1. The summed E-state index contributed by atoms with van der Waals surface area (Å²) in [7, 11) is 0. The Balaban J connectivity index is 1.39. The summed E-state index contributed by atoms with van der Waals surface area (Å²) in [6.45, 7) is 1.03. The van der Waals surface area contributed by atoms with E-state index in [0.717, 1.165) is 17.0 Å². The first-order valence-electron chi connectivity index (χ1n) is 11.2. The zero-order chi connectivity index (χ0) is 23.9. The van der Waals surface area contributed by atoms with E-state index in [1.54, 1.807) is 18.4 Å². The zero-order valence-electron chi connectivity index (χ0n) is 18.6. The lowest BCUT2D eigenvalue weighted by atomic mass is 10.0. The monoisotopic (exact) mass is 467 g/mol. The second kappa shape index (κ2) is 11.1. The van der Waals surface area contributed by atoms with Gasteiger partial charge < -0.3 is 24.7 Å². The summed E-state index contributed by atoms with van der Waals surface area (Å²) >= 11 is 0. The number of nitrogens with zero attached hydrogens (tertiary/aromatic N) is 1. The van der Waals surface area contributed by atoms with Crippen LogP contribution in [0.25, 0.3) is 10.9 Å². The number of benzene rings is 2. The van der Waals surface area contributed by atoms with E-state index >= 15 is 0 Å². The SMILES string of the molecule is O=C(CCn1ccc2ccccc21)N[C@@H](Cc1cc(F)cc(F)c1)[C@@H](O)CNCc1ccco1. The van der Waals surface area contributed by atoms with Gasteiger partial charge >= 0.3 is 0 Å². The van der Waals surface area contributed by atoms with Gasteiger partial charge in [-0.15, -0.1) is 0 Å². The van der Waals surface area contributed by atoms with Gasteiger partial charge in [0.1, 0.15) is 17.4 Å². The van der Waals surface area contributed by atoms with Gasteiger partial charge in [-0.25, -0.2) is 8.78 Å². The molecular weight excluding hydrogens is 440 g/mol. The van der Waals surface area contributed by atoms with E-state index in [1.807, 2.05) is 41.1 Å². The number of carbonyl (C=O) groups excluding carboxylic acids is 1. The van der Waals surface area contributed by atoms with E-state index in [2.05, 4.69) is 10.6 Å². The molecule has 178 valence electrons. The van der Waals surface area contributed by atoms with Crippen LogP contribution in [0.2, 0.25) is 0 Å². The van der Waals surface area contributed by atoms with Crippen LogP contribution in [-0.4, -0.2) is 34.3 Å². The van der Waals surface area contributed by atoms with Crippen molar-refractivity contribution in [1.82, 2.24) is 15.2 Å². The van der Waals surface area contributed by atoms with Crippen LogP contribution in [0.15, 0.2) is 77.5 Å². The molecule has 0 saturated heterocycles. The third kappa shape index (κ3) is 6.30. The number of carbonyl (C=O) groups is 1. The molecule has 8 heteroatoms. The molecule has 1 amide bonds. The Morgan fingerprint density at radius 3 is 2.62 bits per heavy atom. The van der Waals surface area contributed by atoms with Crippen LogP contribution >= 0.6 is 0 Å². The number of hydrogen-bond donors (Lipinski definition) is 3. The molecule has 2 aromatic carbocycles. The van der Waals surface area contributed by atoms with E-state index in [9.17, 15) is 18.7 Å². The highest BCUT2D eigenvalue weighted by Crippen LogP contribution is 2.16. The lowest BCUT2D eigenvalue weighted by Crippen LogP contribution is -2.48. The van der Waals surface area contributed by atoms with Crippen molar-refractivity contribution in [3.8, 4) is 0 Å². The minimum Gasteiger partial charge on any atom is -0.468 e. The summed E-state index contributed by atoms with van der Waals surface area (Å²) in [5.41, 5.74) is 1.38. The smallest absolute Gasteiger partial charge is 0.222 e. The summed E-state index contributed by atoms with van der Waals surface area (Å²) in [5.74, 6) is -0.960. The molecule has 2 aromatic heterocycles. The molecule has 0 fully saturated rings. The first-order chi connectivity index (χ1) is 16.5. The van der Waals surface area contributed by atoms with Crippen molar-refractivity contribution in [3.63, 3.8) is 0 Å². The molecular formula is C26H27F2N3O3. The van der Waals surface area contributed by atoms with Crippen LogP contribution in [0.1, 0.15) is 17.7 Å². The van der Waals surface area contributed by atoms with Gasteiger partial charge in [0.15, 0.2) is 0 Å². The predicted molar refractivity (Wildman–Crippen MR) is 125 cm³/mol. The molecule has 34 heavy (non-hydrogen) atoms. The van der Waals surface area contributed by atoms with E-state index in [4.69, 9.17) is 4.42 Å². The van der Waals surface area contributed by atoms with Crippen molar-refractivity contribution in [2.24, 2.45) is 0 Å². The van der Waals surface area contributed by atoms with E-state index in [1.165, 1.54) is 12.1 Å². The lowest BCUT2D eigenvalue weighted by Gasteiger charge is -2.25. The highest BCUT2D eigenvalue weighted by atomic mass is 19.1. The number of aliphatic hydroxyl groups is 1. The molecule has 3 N–H and O–H groups in total. The second-order valence-electron chi connectivity index (χ2n) is 8.25. The van der Waals surface area contributed by atoms with Gasteiger partial charge in [0.25, 0.3) is 0 Å². The fourth-order valence-corrected chi connectivity index (χ4v) is 4.00. The zero-order valence-corrected chi connectivity index (χ0v) is 18.6. The summed E-state index contributed by atoms with van der Waals surface area (Å²) in [4.78, 5) is 12.8. The van der Waals surface area contributed by atoms with Gasteiger partial charge in [-0.2, -0.15) is 0 Å². The number of aryl methyl sites for hydroxylation is 1. The number of para-hydroxylation sites is 1. The number of hydrogen-bond acceptors (Lipinski definition) is 4. The third-order valence-corrected chi connectivity index (χ3v) is 5.68. The van der Waals surface area contributed by atoms with Crippen molar-refractivity contribution in [2.75, 3.05) is 6.54 Å². The highest BCUT2D eigenvalue weighted by molar-refractivity contribution is 5.80. The molecule has 0 bridgehead atoms. The molecule has 2 atom stereocenters. The van der Waals surface area contributed by atoms with Crippen molar-refractivity contribution in [3.05, 3.63) is 96.1 Å². The molecule has 6 nitrogen and oxygen atoms in total. The van der Waals surface area contributed by atoms with Crippen LogP contribution in [-0.2, 0) is 24.3 Å². The number of fused-ring (bicyclic) bond motifs is 1. The molecule has 0 aliphatic rings. The topological polar surface area (TPSA) is 79.4 Å². The van der Waals surface area contributed by atoms with Crippen molar-refractivity contribution in [1.29, 1.82) is 0 Å². The quantitative estimate of drug-likeness (QED) is 0.314. The average Bonchev–Trinajstić information content (AvgIpc) is 3.46. The van der Waals surface area contributed by atoms with Crippen LogP contribution in [0.4, 0.5) is 8.78 Å². The van der Waals surface area contributed by atoms with Gasteiger partial charge in [0.05, 0.1) is 25.0 Å². The maximum Gasteiger partial charge on any atom is 0.222 e. The average molecular weight is 468 g/mol. The summed E-state index contributed by atoms with van der Waals surface area (Å²) in [6.07, 6.45) is 2.77. The van der Waals surface area contributed by atoms with Gasteiger partial charge in [0, 0.05) is 37.3 Å². The number of aromatic nitrogens is 1. The van der Waals surface area contributed by atoms with Gasteiger partial charge in [0.2, 0.25) is 5.91 Å².